The summed E-state index contributed by atoms with van der Waals surface area (Å²) in [6.45, 7) is 0. The van der Waals surface area contributed by atoms with Gasteiger partial charge in [0, 0.05) is 46.1 Å². The van der Waals surface area contributed by atoms with Crippen LogP contribution in [-0.4, -0.2) is 34.3 Å². The Morgan fingerprint density at radius 2 is 1.49 bits per heavy atom. The summed E-state index contributed by atoms with van der Waals surface area (Å²) < 4.78 is 10.3. The molecule has 0 atom stereocenters. The molecule has 0 unspecified atom stereocenters. The van der Waals surface area contributed by atoms with Crippen LogP contribution in [0.25, 0.3) is 32.7 Å². The molecule has 3 N–H and O–H groups in total. The van der Waals surface area contributed by atoms with Gasteiger partial charge in [-0.25, -0.2) is 0 Å². The van der Waals surface area contributed by atoms with Gasteiger partial charge in [0.15, 0.2) is 16.9 Å². The van der Waals surface area contributed by atoms with Crippen molar-refractivity contribution in [2.75, 3.05) is 14.2 Å². The zero-order chi connectivity index (χ0) is 26.2. The van der Waals surface area contributed by atoms with Crippen molar-refractivity contribution in [2.24, 2.45) is 0 Å². The fourth-order valence-electron chi connectivity index (χ4n) is 3.66. The number of pyridine rings is 3. The van der Waals surface area contributed by atoms with E-state index in [4.69, 9.17) is 14.6 Å². The zero-order valence-electron chi connectivity index (χ0n) is 20.3. The van der Waals surface area contributed by atoms with Crippen LogP contribution in [0.15, 0.2) is 107 Å². The molecule has 37 heavy (non-hydrogen) atoms. The van der Waals surface area contributed by atoms with Gasteiger partial charge in [0.1, 0.15) is 5.75 Å². The number of benzene rings is 3. The van der Waals surface area contributed by atoms with E-state index in [1.54, 1.807) is 38.6 Å². The van der Waals surface area contributed by atoms with E-state index in [0.717, 1.165) is 32.7 Å². The molecule has 0 aliphatic rings. The van der Waals surface area contributed by atoms with Gasteiger partial charge in [-0.15, -0.1) is 0 Å². The first-order chi connectivity index (χ1) is 18.0. The summed E-state index contributed by atoms with van der Waals surface area (Å²) in [6, 6.07) is 25.2. The minimum Gasteiger partial charge on any atom is -0.506 e. The Labute approximate surface area is 211 Å². The number of ether oxygens (including phenoxy) is 2. The van der Waals surface area contributed by atoms with E-state index in [0.29, 0.717) is 11.5 Å². The van der Waals surface area contributed by atoms with E-state index < -0.39 is 0 Å². The van der Waals surface area contributed by atoms with E-state index in [-0.39, 0.29) is 16.7 Å². The first-order valence-electron chi connectivity index (χ1n) is 11.3. The van der Waals surface area contributed by atoms with E-state index in [2.05, 4.69) is 15.0 Å². The fraction of sp³-hybridized carbons (Fsp3) is 0.0690. The van der Waals surface area contributed by atoms with Crippen molar-refractivity contribution >= 4 is 32.7 Å². The van der Waals surface area contributed by atoms with E-state index in [9.17, 15) is 9.59 Å². The molecule has 0 bridgehead atoms. The summed E-state index contributed by atoms with van der Waals surface area (Å²) >= 11 is 0. The van der Waals surface area contributed by atoms with E-state index >= 15 is 0 Å². The van der Waals surface area contributed by atoms with Crippen LogP contribution in [0.4, 0.5) is 0 Å². The molecule has 0 amide bonds. The monoisotopic (exact) mass is 495 g/mol. The number of hydrogen-bond acceptors (Lipinski definition) is 6. The predicted octanol–water partition coefficient (Wildman–Crippen LogP) is 5.01. The highest BCUT2D eigenvalue weighted by Gasteiger charge is 2.05. The lowest BCUT2D eigenvalue weighted by Gasteiger charge is -2.08. The standard InChI is InChI=1S/C11H11NO3.2C9H7NO/c1-14-9-5-7-3-4-11(13)12-8(7)6-10(9)15-2;11-8-5-7-3-1-2-4-9(7)10-6-8;11-9-5-6-10-8-4-2-1-3-7(8)9/h3-6H,1-2H3,(H,12,13);1-6,11H;1-6H,(H,10,11). The highest BCUT2D eigenvalue weighted by atomic mass is 16.5. The molecular weight excluding hydrogens is 470 g/mol. The van der Waals surface area contributed by atoms with Crippen molar-refractivity contribution in [3.63, 3.8) is 0 Å². The zero-order valence-corrected chi connectivity index (χ0v) is 20.3. The Balaban J connectivity index is 0.000000132. The molecule has 6 rings (SSSR count). The molecule has 0 radical (unpaired) electrons. The van der Waals surface area contributed by atoms with Gasteiger partial charge in [-0.2, -0.15) is 0 Å². The molecule has 3 aromatic carbocycles. The second kappa shape index (κ2) is 11.5. The quantitative estimate of drug-likeness (QED) is 0.311. The first kappa shape index (κ1) is 25.0. The van der Waals surface area contributed by atoms with Crippen LogP contribution in [0.5, 0.6) is 17.2 Å². The second-order valence-corrected chi connectivity index (χ2v) is 7.89. The lowest BCUT2D eigenvalue weighted by molar-refractivity contribution is 0.356. The number of nitrogens with zero attached hydrogens (tertiary/aromatic N) is 1. The third-order valence-electron chi connectivity index (χ3n) is 5.47. The third-order valence-corrected chi connectivity index (χ3v) is 5.47. The number of nitrogens with one attached hydrogen (secondary N) is 2. The van der Waals surface area contributed by atoms with Crippen LogP contribution in [-0.2, 0) is 0 Å². The van der Waals surface area contributed by atoms with Crippen LogP contribution in [0.2, 0.25) is 0 Å². The second-order valence-electron chi connectivity index (χ2n) is 7.89. The van der Waals surface area contributed by atoms with Gasteiger partial charge in [-0.05, 0) is 36.4 Å². The highest BCUT2D eigenvalue weighted by Crippen LogP contribution is 2.30. The van der Waals surface area contributed by atoms with Crippen LogP contribution in [0.1, 0.15) is 0 Å². The highest BCUT2D eigenvalue weighted by molar-refractivity contribution is 5.82. The Morgan fingerprint density at radius 3 is 2.27 bits per heavy atom. The lowest BCUT2D eigenvalue weighted by Crippen LogP contribution is -2.02. The van der Waals surface area contributed by atoms with E-state index in [1.807, 2.05) is 54.6 Å². The molecule has 6 aromatic rings. The Morgan fingerprint density at radius 1 is 0.757 bits per heavy atom. The number of aromatic nitrogens is 3. The van der Waals surface area contributed by atoms with Gasteiger partial charge in [0.05, 0.1) is 31.4 Å². The SMILES string of the molecule is COc1cc2ccc(=O)[nH]c2cc1OC.O=c1cc[nH]c2ccccc12.Oc1cnc2ccccc2c1. The number of rotatable bonds is 2. The molecular formula is C29H25N3O5. The molecule has 8 heteroatoms. The minimum atomic E-state index is -0.130. The van der Waals surface area contributed by atoms with Crippen LogP contribution < -0.4 is 20.5 Å². The van der Waals surface area contributed by atoms with Crippen molar-refractivity contribution in [3.05, 3.63) is 118 Å². The van der Waals surface area contributed by atoms with Gasteiger partial charge in [0.25, 0.3) is 0 Å². The van der Waals surface area contributed by atoms with Gasteiger partial charge in [0.2, 0.25) is 5.56 Å². The van der Waals surface area contributed by atoms with Crippen molar-refractivity contribution in [1.82, 2.24) is 15.0 Å². The summed E-state index contributed by atoms with van der Waals surface area (Å²) in [7, 11) is 3.14. The molecule has 8 nitrogen and oxygen atoms in total. The Hall–Kier alpha value is -5.11. The number of aromatic hydroxyl groups is 1. The molecule has 0 spiro atoms. The third kappa shape index (κ3) is 6.12. The number of H-pyrrole nitrogens is 2. The maximum absolute atomic E-state index is 11.2. The summed E-state index contributed by atoms with van der Waals surface area (Å²) in [5.41, 5.74) is 2.47. The number of methoxy groups -OCH3 is 2. The smallest absolute Gasteiger partial charge is 0.248 e. The molecule has 3 aromatic heterocycles. The number of fused-ring (bicyclic) bond motifs is 3. The fourth-order valence-corrected chi connectivity index (χ4v) is 3.66. The summed E-state index contributed by atoms with van der Waals surface area (Å²) in [5, 5.41) is 11.7. The minimum absolute atomic E-state index is 0.0688. The largest absolute Gasteiger partial charge is 0.506 e. The maximum atomic E-state index is 11.2. The molecule has 3 heterocycles. The van der Waals surface area contributed by atoms with Gasteiger partial charge in [-0.3, -0.25) is 14.6 Å². The number of para-hydroxylation sites is 2. The van der Waals surface area contributed by atoms with Crippen molar-refractivity contribution in [3.8, 4) is 17.2 Å². The van der Waals surface area contributed by atoms with Gasteiger partial charge < -0.3 is 24.5 Å². The average Bonchev–Trinajstić information content (AvgIpc) is 2.93. The summed E-state index contributed by atoms with van der Waals surface area (Å²) in [4.78, 5) is 32.0. The topological polar surface area (TPSA) is 117 Å². The number of aromatic amines is 2. The Kier molecular flexibility index (Phi) is 7.80. The molecule has 0 aliphatic carbocycles. The van der Waals surface area contributed by atoms with Gasteiger partial charge in [-0.1, -0.05) is 30.3 Å². The molecule has 0 fully saturated rings. The van der Waals surface area contributed by atoms with E-state index in [1.165, 1.54) is 18.3 Å². The van der Waals surface area contributed by atoms with Crippen molar-refractivity contribution in [2.45, 2.75) is 0 Å². The number of hydrogen-bond donors (Lipinski definition) is 3. The van der Waals surface area contributed by atoms with Crippen LogP contribution in [0, 0.1) is 0 Å². The molecule has 0 aliphatic heterocycles. The van der Waals surface area contributed by atoms with Crippen molar-refractivity contribution in [1.29, 1.82) is 0 Å². The lowest BCUT2D eigenvalue weighted by atomic mass is 10.2. The summed E-state index contributed by atoms with van der Waals surface area (Å²) in [5.74, 6) is 1.47. The normalized spacial score (nSPS) is 10.2. The maximum Gasteiger partial charge on any atom is 0.248 e. The van der Waals surface area contributed by atoms with Crippen molar-refractivity contribution < 1.29 is 14.6 Å². The van der Waals surface area contributed by atoms with Gasteiger partial charge >= 0.3 is 0 Å². The predicted molar refractivity (Wildman–Crippen MR) is 146 cm³/mol. The van der Waals surface area contributed by atoms with Crippen LogP contribution >= 0.6 is 0 Å². The Bertz CT molecular complexity index is 1770. The van der Waals surface area contributed by atoms with Crippen LogP contribution in [0.3, 0.4) is 0 Å². The molecule has 0 saturated heterocycles. The summed E-state index contributed by atoms with van der Waals surface area (Å²) in [6.07, 6.45) is 3.10. The molecule has 0 saturated carbocycles. The first-order valence-corrected chi connectivity index (χ1v) is 11.3. The molecule has 186 valence electrons. The average molecular weight is 496 g/mol.